The van der Waals surface area contributed by atoms with Gasteiger partial charge in [-0.3, -0.25) is 4.98 Å². The lowest BCUT2D eigenvalue weighted by atomic mass is 10.2. The second kappa shape index (κ2) is 7.57. The van der Waals surface area contributed by atoms with Crippen LogP contribution in [0.25, 0.3) is 0 Å². The van der Waals surface area contributed by atoms with Gasteiger partial charge in [-0.05, 0) is 37.5 Å². The number of rotatable bonds is 6. The zero-order valence-electron chi connectivity index (χ0n) is 15.5. The molecule has 0 saturated carbocycles. The van der Waals surface area contributed by atoms with E-state index < -0.39 is 9.84 Å². The van der Waals surface area contributed by atoms with Crippen molar-refractivity contribution >= 4 is 21.6 Å². The van der Waals surface area contributed by atoms with E-state index in [4.69, 9.17) is 0 Å². The largest absolute Gasteiger partial charge is 0.355 e. The molecule has 3 heterocycles. The Bertz CT molecular complexity index is 857. The van der Waals surface area contributed by atoms with Crippen LogP contribution in [0.3, 0.4) is 0 Å². The third kappa shape index (κ3) is 4.49. The van der Waals surface area contributed by atoms with Crippen molar-refractivity contribution in [1.29, 1.82) is 0 Å². The average Bonchev–Trinajstić information content (AvgIpc) is 2.99. The predicted molar refractivity (Wildman–Crippen MR) is 103 cm³/mol. The van der Waals surface area contributed by atoms with Crippen molar-refractivity contribution in [2.45, 2.75) is 25.8 Å². The molecular weight excluding hydrogens is 350 g/mol. The topological polar surface area (TPSA) is 79.3 Å². The Morgan fingerprint density at radius 1 is 1.19 bits per heavy atom. The Kier molecular flexibility index (Phi) is 5.41. The average molecular weight is 375 g/mol. The highest BCUT2D eigenvalue weighted by atomic mass is 32.2. The van der Waals surface area contributed by atoms with Gasteiger partial charge >= 0.3 is 0 Å². The van der Waals surface area contributed by atoms with Gasteiger partial charge in [-0.15, -0.1) is 0 Å². The third-order valence-electron chi connectivity index (χ3n) is 4.77. The fourth-order valence-electron chi connectivity index (χ4n) is 3.10. The Morgan fingerprint density at radius 3 is 2.58 bits per heavy atom. The molecule has 2 aromatic heterocycles. The van der Waals surface area contributed by atoms with Crippen LogP contribution in [0.1, 0.15) is 17.7 Å². The number of aryl methyl sites for hydroxylation is 1. The van der Waals surface area contributed by atoms with Crippen LogP contribution in [0.5, 0.6) is 0 Å². The Hall–Kier alpha value is -2.22. The van der Waals surface area contributed by atoms with Crippen LogP contribution in [0.2, 0.25) is 0 Å². The van der Waals surface area contributed by atoms with Gasteiger partial charge in [-0.1, -0.05) is 0 Å². The molecule has 0 bridgehead atoms. The maximum absolute atomic E-state index is 11.8. The number of nitrogens with zero attached hydrogens (tertiary/aromatic N) is 5. The summed E-state index contributed by atoms with van der Waals surface area (Å²) in [7, 11) is 0.958. The van der Waals surface area contributed by atoms with E-state index >= 15 is 0 Å². The van der Waals surface area contributed by atoms with Crippen LogP contribution in [-0.4, -0.2) is 61.6 Å². The summed E-state index contributed by atoms with van der Waals surface area (Å²) in [5.74, 6) is 1.87. The first kappa shape index (κ1) is 18.6. The molecule has 0 radical (unpaired) electrons. The standard InChI is InChI=1S/C18H25N5O2S/c1-14-12-17(23(3)16-7-11-26(24,25)13-16)21-18(20-14)22(2)10-6-15-4-8-19-9-5-15/h4-5,8-9,12,16H,6-7,10-11,13H2,1-3H3. The van der Waals surface area contributed by atoms with Crippen LogP contribution in [-0.2, 0) is 16.3 Å². The normalized spacial score (nSPS) is 18.7. The summed E-state index contributed by atoms with van der Waals surface area (Å²) in [5.41, 5.74) is 2.08. The van der Waals surface area contributed by atoms with Gasteiger partial charge in [0.2, 0.25) is 5.95 Å². The molecule has 140 valence electrons. The number of aromatic nitrogens is 3. The predicted octanol–water partition coefficient (Wildman–Crippen LogP) is 1.48. The summed E-state index contributed by atoms with van der Waals surface area (Å²) in [6, 6.07) is 5.89. The molecule has 1 unspecified atom stereocenters. The van der Waals surface area contributed by atoms with Crippen LogP contribution in [0, 0.1) is 6.92 Å². The third-order valence-corrected chi connectivity index (χ3v) is 6.52. The molecule has 0 aromatic carbocycles. The molecule has 2 aromatic rings. The smallest absolute Gasteiger partial charge is 0.227 e. The number of anilines is 2. The minimum Gasteiger partial charge on any atom is -0.355 e. The first-order chi connectivity index (χ1) is 12.3. The first-order valence-electron chi connectivity index (χ1n) is 8.73. The second-order valence-corrected chi connectivity index (χ2v) is 9.09. The monoisotopic (exact) mass is 375 g/mol. The zero-order chi connectivity index (χ0) is 18.7. The highest BCUT2D eigenvalue weighted by Gasteiger charge is 2.31. The highest BCUT2D eigenvalue weighted by molar-refractivity contribution is 7.91. The number of pyridine rings is 1. The molecule has 1 aliphatic rings. The maximum Gasteiger partial charge on any atom is 0.227 e. The lowest BCUT2D eigenvalue weighted by Gasteiger charge is -2.26. The zero-order valence-corrected chi connectivity index (χ0v) is 16.3. The first-order valence-corrected chi connectivity index (χ1v) is 10.6. The van der Waals surface area contributed by atoms with Gasteiger partial charge in [0.25, 0.3) is 0 Å². The molecule has 1 atom stereocenters. The van der Waals surface area contributed by atoms with Crippen molar-refractivity contribution in [3.8, 4) is 0 Å². The van der Waals surface area contributed by atoms with Crippen molar-refractivity contribution in [3.05, 3.63) is 41.9 Å². The van der Waals surface area contributed by atoms with E-state index in [1.54, 1.807) is 12.4 Å². The summed E-state index contributed by atoms with van der Waals surface area (Å²) in [4.78, 5) is 17.2. The van der Waals surface area contributed by atoms with Gasteiger partial charge < -0.3 is 9.80 Å². The van der Waals surface area contributed by atoms with E-state index in [1.165, 1.54) is 5.56 Å². The Morgan fingerprint density at radius 2 is 1.92 bits per heavy atom. The summed E-state index contributed by atoms with van der Waals surface area (Å²) < 4.78 is 23.5. The number of hydrogen-bond donors (Lipinski definition) is 0. The van der Waals surface area contributed by atoms with Crippen LogP contribution >= 0.6 is 0 Å². The molecule has 0 spiro atoms. The number of likely N-dealkylation sites (N-methyl/N-ethyl adjacent to an activating group) is 1. The minimum absolute atomic E-state index is 0.0238. The van der Waals surface area contributed by atoms with Crippen molar-refractivity contribution in [2.75, 3.05) is 41.9 Å². The van der Waals surface area contributed by atoms with Crippen molar-refractivity contribution in [3.63, 3.8) is 0 Å². The van der Waals surface area contributed by atoms with Gasteiger partial charge in [0.05, 0.1) is 11.5 Å². The molecule has 8 heteroatoms. The summed E-state index contributed by atoms with van der Waals surface area (Å²) in [6.07, 6.45) is 5.11. The molecular formula is C18H25N5O2S. The van der Waals surface area contributed by atoms with Gasteiger partial charge in [0, 0.05) is 50.8 Å². The molecule has 26 heavy (non-hydrogen) atoms. The van der Waals surface area contributed by atoms with Gasteiger partial charge in [-0.25, -0.2) is 13.4 Å². The van der Waals surface area contributed by atoms with E-state index in [9.17, 15) is 8.42 Å². The Labute approximate surface area is 155 Å². The summed E-state index contributed by atoms with van der Waals surface area (Å²) in [6.45, 7) is 2.72. The lowest BCUT2D eigenvalue weighted by Crippen LogP contribution is -2.34. The highest BCUT2D eigenvalue weighted by Crippen LogP contribution is 2.23. The fraction of sp³-hybridized carbons (Fsp3) is 0.500. The minimum atomic E-state index is -2.92. The fourth-order valence-corrected chi connectivity index (χ4v) is 4.88. The van der Waals surface area contributed by atoms with E-state index in [2.05, 4.69) is 15.0 Å². The molecule has 0 aliphatic carbocycles. The maximum atomic E-state index is 11.8. The Balaban J connectivity index is 1.72. The molecule has 1 saturated heterocycles. The van der Waals surface area contributed by atoms with E-state index in [-0.39, 0.29) is 17.5 Å². The van der Waals surface area contributed by atoms with E-state index in [0.29, 0.717) is 12.4 Å². The van der Waals surface area contributed by atoms with Crippen LogP contribution in [0.15, 0.2) is 30.6 Å². The van der Waals surface area contributed by atoms with Gasteiger partial charge in [-0.2, -0.15) is 4.98 Å². The van der Waals surface area contributed by atoms with Gasteiger partial charge in [0.1, 0.15) is 5.82 Å². The molecule has 0 amide bonds. The van der Waals surface area contributed by atoms with Crippen molar-refractivity contribution < 1.29 is 8.42 Å². The summed E-state index contributed by atoms with van der Waals surface area (Å²) in [5, 5.41) is 0. The van der Waals surface area contributed by atoms with Gasteiger partial charge in [0.15, 0.2) is 9.84 Å². The molecule has 0 N–H and O–H groups in total. The molecule has 1 fully saturated rings. The lowest BCUT2D eigenvalue weighted by molar-refractivity contribution is 0.600. The molecule has 1 aliphatic heterocycles. The van der Waals surface area contributed by atoms with Crippen LogP contribution < -0.4 is 9.80 Å². The summed E-state index contributed by atoms with van der Waals surface area (Å²) >= 11 is 0. The van der Waals surface area contributed by atoms with E-state index in [1.807, 2.05) is 49.0 Å². The van der Waals surface area contributed by atoms with E-state index in [0.717, 1.165) is 24.5 Å². The van der Waals surface area contributed by atoms with Crippen molar-refractivity contribution in [1.82, 2.24) is 15.0 Å². The van der Waals surface area contributed by atoms with Crippen LogP contribution in [0.4, 0.5) is 11.8 Å². The second-order valence-electron chi connectivity index (χ2n) is 6.86. The molecule has 7 nitrogen and oxygen atoms in total. The van der Waals surface area contributed by atoms with Crippen molar-refractivity contribution in [2.24, 2.45) is 0 Å². The number of sulfone groups is 1. The number of hydrogen-bond acceptors (Lipinski definition) is 7. The SMILES string of the molecule is Cc1cc(N(C)C2CCS(=O)(=O)C2)nc(N(C)CCc2ccncc2)n1. The quantitative estimate of drug-likeness (QED) is 0.757. The molecule has 3 rings (SSSR count).